The van der Waals surface area contributed by atoms with E-state index in [1.807, 2.05) is 0 Å². The molecule has 6 nitrogen and oxygen atoms in total. The zero-order valence-corrected chi connectivity index (χ0v) is 46.6. The van der Waals surface area contributed by atoms with Gasteiger partial charge in [0.1, 0.15) is 13.2 Å². The van der Waals surface area contributed by atoms with Crippen LogP contribution in [-0.2, 0) is 28.6 Å². The van der Waals surface area contributed by atoms with E-state index in [0.717, 1.165) is 57.8 Å². The third-order valence-electron chi connectivity index (χ3n) is 13.9. The van der Waals surface area contributed by atoms with Gasteiger partial charge in [0, 0.05) is 19.3 Å². The van der Waals surface area contributed by atoms with Crippen LogP contribution in [0.5, 0.6) is 0 Å². The predicted molar refractivity (Wildman–Crippen MR) is 298 cm³/mol. The molecule has 6 heteroatoms. The van der Waals surface area contributed by atoms with E-state index in [1.165, 1.54) is 244 Å². The molecule has 0 aliphatic carbocycles. The molecular formula is C63H118O6. The molecule has 0 bridgehead atoms. The van der Waals surface area contributed by atoms with Gasteiger partial charge < -0.3 is 14.2 Å². The number of hydrogen-bond acceptors (Lipinski definition) is 6. The van der Waals surface area contributed by atoms with Crippen molar-refractivity contribution < 1.29 is 28.6 Å². The molecule has 0 saturated heterocycles. The highest BCUT2D eigenvalue weighted by molar-refractivity contribution is 5.71. The highest BCUT2D eigenvalue weighted by Crippen LogP contribution is 2.17. The Morgan fingerprint density at radius 3 is 0.725 bits per heavy atom. The van der Waals surface area contributed by atoms with Gasteiger partial charge >= 0.3 is 17.9 Å². The lowest BCUT2D eigenvalue weighted by atomic mass is 10.0. The van der Waals surface area contributed by atoms with E-state index >= 15 is 0 Å². The first kappa shape index (κ1) is 66.9. The molecule has 0 aliphatic rings. The highest BCUT2D eigenvalue weighted by atomic mass is 16.6. The summed E-state index contributed by atoms with van der Waals surface area (Å²) in [5.41, 5.74) is 0. The fourth-order valence-corrected chi connectivity index (χ4v) is 9.26. The number of rotatable bonds is 57. The molecule has 0 rings (SSSR count). The molecule has 0 amide bonds. The van der Waals surface area contributed by atoms with Crippen molar-refractivity contribution in [2.24, 2.45) is 0 Å². The number of carbonyl (C=O) groups excluding carboxylic acids is 3. The quantitative estimate of drug-likeness (QED) is 0.0261. The molecule has 0 aromatic carbocycles. The number of hydrogen-bond donors (Lipinski definition) is 0. The van der Waals surface area contributed by atoms with Crippen LogP contribution in [0.15, 0.2) is 24.3 Å². The molecule has 69 heavy (non-hydrogen) atoms. The van der Waals surface area contributed by atoms with E-state index in [-0.39, 0.29) is 31.1 Å². The lowest BCUT2D eigenvalue weighted by Gasteiger charge is -2.18. The van der Waals surface area contributed by atoms with Crippen LogP contribution >= 0.6 is 0 Å². The van der Waals surface area contributed by atoms with Gasteiger partial charge in [-0.3, -0.25) is 14.4 Å². The summed E-state index contributed by atoms with van der Waals surface area (Å²) in [6.45, 7) is 6.69. The van der Waals surface area contributed by atoms with Crippen LogP contribution in [0.2, 0.25) is 0 Å². The monoisotopic (exact) mass is 971 g/mol. The Morgan fingerprint density at radius 2 is 0.478 bits per heavy atom. The zero-order valence-electron chi connectivity index (χ0n) is 46.6. The Hall–Kier alpha value is -2.11. The molecule has 406 valence electrons. The first-order valence-electron chi connectivity index (χ1n) is 30.8. The first-order valence-corrected chi connectivity index (χ1v) is 30.8. The second-order valence-corrected chi connectivity index (χ2v) is 21.0. The SMILES string of the molecule is CCCCCCCC/C=C\CCCCCCCCCC(=O)O[C@@H](COC(=O)CCCCCCCCC/C=C\CCCCCCCCCC)COC(=O)CCCCCCCCCCCCCCCCC. The molecule has 0 spiro atoms. The van der Waals surface area contributed by atoms with Gasteiger partial charge in [0.15, 0.2) is 6.10 Å². The summed E-state index contributed by atoms with van der Waals surface area (Å²) in [5, 5.41) is 0. The van der Waals surface area contributed by atoms with Crippen LogP contribution in [-0.4, -0.2) is 37.2 Å². The van der Waals surface area contributed by atoms with E-state index in [0.29, 0.717) is 19.3 Å². The molecule has 0 saturated carbocycles. The van der Waals surface area contributed by atoms with E-state index in [4.69, 9.17) is 14.2 Å². The van der Waals surface area contributed by atoms with Gasteiger partial charge in [-0.2, -0.15) is 0 Å². The molecule has 1 atom stereocenters. The molecule has 0 aromatic heterocycles. The van der Waals surface area contributed by atoms with Crippen molar-refractivity contribution in [1.82, 2.24) is 0 Å². The lowest BCUT2D eigenvalue weighted by Crippen LogP contribution is -2.30. The van der Waals surface area contributed by atoms with Gasteiger partial charge in [0.25, 0.3) is 0 Å². The summed E-state index contributed by atoms with van der Waals surface area (Å²) in [4.78, 5) is 38.2. The summed E-state index contributed by atoms with van der Waals surface area (Å²) >= 11 is 0. The van der Waals surface area contributed by atoms with Crippen LogP contribution in [0, 0.1) is 0 Å². The summed E-state index contributed by atoms with van der Waals surface area (Å²) in [6.07, 6.45) is 68.8. The number of allylic oxidation sites excluding steroid dienone is 4. The zero-order chi connectivity index (χ0) is 50.0. The Morgan fingerprint density at radius 1 is 0.275 bits per heavy atom. The Labute approximate surface area is 430 Å². The second-order valence-electron chi connectivity index (χ2n) is 21.0. The van der Waals surface area contributed by atoms with Crippen molar-refractivity contribution in [1.29, 1.82) is 0 Å². The minimum atomic E-state index is -0.772. The lowest BCUT2D eigenvalue weighted by molar-refractivity contribution is -0.167. The van der Waals surface area contributed by atoms with Crippen LogP contribution < -0.4 is 0 Å². The maximum absolute atomic E-state index is 12.9. The number of ether oxygens (including phenoxy) is 3. The fraction of sp³-hybridized carbons (Fsp3) is 0.889. The van der Waals surface area contributed by atoms with Crippen LogP contribution in [0.25, 0.3) is 0 Å². The third-order valence-corrected chi connectivity index (χ3v) is 13.9. The smallest absolute Gasteiger partial charge is 0.306 e. The molecule has 0 aromatic rings. The van der Waals surface area contributed by atoms with Crippen molar-refractivity contribution in [3.8, 4) is 0 Å². The van der Waals surface area contributed by atoms with E-state index in [1.54, 1.807) is 0 Å². The normalized spacial score (nSPS) is 12.1. The summed E-state index contributed by atoms with van der Waals surface area (Å²) < 4.78 is 16.9. The molecular weight excluding hydrogens is 853 g/mol. The van der Waals surface area contributed by atoms with Gasteiger partial charge in [-0.15, -0.1) is 0 Å². The average Bonchev–Trinajstić information content (AvgIpc) is 3.35. The standard InChI is InChI=1S/C63H118O6/c1-4-7-10-13-16-19-22-25-28-30-31-33-35-38-41-44-47-50-53-56-62(65)68-59-60(58-67-61(64)55-52-49-46-43-40-37-34-27-24-21-18-15-12-9-6-3)69-63(66)57-54-51-48-45-42-39-36-32-29-26-23-20-17-14-11-8-5-2/h26,29-31,60H,4-25,27-28,32-59H2,1-3H3/b29-26-,31-30-/t60-/m1/s1. The van der Waals surface area contributed by atoms with Crippen molar-refractivity contribution in [2.45, 2.75) is 348 Å². The van der Waals surface area contributed by atoms with Crippen molar-refractivity contribution in [3.63, 3.8) is 0 Å². The molecule has 0 N–H and O–H groups in total. The second kappa shape index (κ2) is 58.5. The third kappa shape index (κ3) is 56.7. The van der Waals surface area contributed by atoms with E-state index in [9.17, 15) is 14.4 Å². The predicted octanol–water partition coefficient (Wildman–Crippen LogP) is 20.7. The first-order chi connectivity index (χ1) is 34.0. The van der Waals surface area contributed by atoms with Crippen molar-refractivity contribution >= 4 is 17.9 Å². The summed E-state index contributed by atoms with van der Waals surface area (Å²) in [6, 6.07) is 0. The maximum atomic E-state index is 12.9. The Bertz CT molecular complexity index is 1110. The topological polar surface area (TPSA) is 78.9 Å². The fourth-order valence-electron chi connectivity index (χ4n) is 9.26. The van der Waals surface area contributed by atoms with Gasteiger partial charge in [-0.05, 0) is 70.6 Å². The summed E-state index contributed by atoms with van der Waals surface area (Å²) in [7, 11) is 0. The van der Waals surface area contributed by atoms with Gasteiger partial charge in [-0.1, -0.05) is 276 Å². The Kier molecular flexibility index (Phi) is 56.7. The largest absolute Gasteiger partial charge is 0.462 e. The highest BCUT2D eigenvalue weighted by Gasteiger charge is 2.19. The minimum absolute atomic E-state index is 0.0696. The van der Waals surface area contributed by atoms with E-state index < -0.39 is 6.10 Å². The number of carbonyl (C=O) groups is 3. The summed E-state index contributed by atoms with van der Waals surface area (Å²) in [5.74, 6) is -0.855. The molecule has 0 radical (unpaired) electrons. The van der Waals surface area contributed by atoms with Gasteiger partial charge in [-0.25, -0.2) is 0 Å². The number of esters is 3. The Balaban J connectivity index is 4.33. The van der Waals surface area contributed by atoms with Crippen molar-refractivity contribution in [2.75, 3.05) is 13.2 Å². The molecule has 0 unspecified atom stereocenters. The molecule has 0 fully saturated rings. The van der Waals surface area contributed by atoms with Crippen molar-refractivity contribution in [3.05, 3.63) is 24.3 Å². The van der Waals surface area contributed by atoms with Crippen LogP contribution in [0.3, 0.4) is 0 Å². The number of unbranched alkanes of at least 4 members (excludes halogenated alkanes) is 42. The minimum Gasteiger partial charge on any atom is -0.462 e. The van der Waals surface area contributed by atoms with Crippen LogP contribution in [0.1, 0.15) is 342 Å². The van der Waals surface area contributed by atoms with Crippen LogP contribution in [0.4, 0.5) is 0 Å². The molecule has 0 aliphatic heterocycles. The van der Waals surface area contributed by atoms with Gasteiger partial charge in [0.2, 0.25) is 0 Å². The average molecular weight is 972 g/mol. The van der Waals surface area contributed by atoms with Gasteiger partial charge in [0.05, 0.1) is 0 Å². The molecule has 0 heterocycles. The van der Waals surface area contributed by atoms with E-state index in [2.05, 4.69) is 45.1 Å². The maximum Gasteiger partial charge on any atom is 0.306 e.